The summed E-state index contributed by atoms with van der Waals surface area (Å²) in [4.78, 5) is 26.9. The van der Waals surface area contributed by atoms with Crippen molar-refractivity contribution in [3.05, 3.63) is 38.8 Å². The van der Waals surface area contributed by atoms with E-state index < -0.39 is 6.04 Å². The molecule has 1 aromatic heterocycles. The van der Waals surface area contributed by atoms with Crippen LogP contribution >= 0.6 is 34.5 Å². The number of benzene rings is 1. The Morgan fingerprint density at radius 2 is 2.16 bits per heavy atom. The van der Waals surface area contributed by atoms with Crippen LogP contribution in [0, 0.1) is 0 Å². The number of carbonyl (C=O) groups excluding carboxylic acids is 2. The number of hydrogen-bond donors (Lipinski definition) is 1. The molecule has 0 unspecified atom stereocenters. The van der Waals surface area contributed by atoms with E-state index in [1.165, 1.54) is 22.3 Å². The summed E-state index contributed by atoms with van der Waals surface area (Å²) in [6, 6.07) is 4.17. The van der Waals surface area contributed by atoms with E-state index in [2.05, 4.69) is 15.5 Å². The van der Waals surface area contributed by atoms with E-state index in [-0.39, 0.29) is 11.8 Å². The predicted octanol–water partition coefficient (Wildman–Crippen LogP) is 3.65. The van der Waals surface area contributed by atoms with Gasteiger partial charge in [-0.05, 0) is 37.5 Å². The molecule has 1 aliphatic heterocycles. The smallest absolute Gasteiger partial charge is 0.256 e. The van der Waals surface area contributed by atoms with Crippen LogP contribution in [0.15, 0.2) is 18.2 Å². The average molecular weight is 399 g/mol. The number of amides is 2. The number of aryl methyl sites for hydroxylation is 1. The number of rotatable bonds is 4. The molecule has 1 saturated heterocycles. The molecule has 1 aliphatic rings. The third-order valence-corrected chi connectivity index (χ3v) is 5.52. The van der Waals surface area contributed by atoms with Gasteiger partial charge in [-0.1, -0.05) is 41.5 Å². The summed E-state index contributed by atoms with van der Waals surface area (Å²) in [5.74, 6) is -0.556. The van der Waals surface area contributed by atoms with Crippen molar-refractivity contribution in [1.29, 1.82) is 0 Å². The first-order valence-corrected chi connectivity index (χ1v) is 9.46. The minimum Gasteiger partial charge on any atom is -0.327 e. The Balaban J connectivity index is 1.76. The highest BCUT2D eigenvalue weighted by atomic mass is 35.5. The van der Waals surface area contributed by atoms with Crippen LogP contribution in [0.5, 0.6) is 0 Å². The van der Waals surface area contributed by atoms with Gasteiger partial charge in [0, 0.05) is 11.6 Å². The van der Waals surface area contributed by atoms with Crippen LogP contribution in [-0.4, -0.2) is 39.5 Å². The molecule has 2 heterocycles. The SMILES string of the molecule is CCc1nnc(NC(=O)[C@@H]2CCCN2C(=O)c2cc(Cl)ccc2Cl)s1. The fraction of sp³-hybridized carbons (Fsp3) is 0.375. The number of halogens is 2. The predicted molar refractivity (Wildman–Crippen MR) is 98.4 cm³/mol. The molecular weight excluding hydrogens is 383 g/mol. The van der Waals surface area contributed by atoms with Crippen LogP contribution in [-0.2, 0) is 11.2 Å². The number of carbonyl (C=O) groups is 2. The lowest BCUT2D eigenvalue weighted by Gasteiger charge is -2.24. The molecule has 0 aliphatic carbocycles. The van der Waals surface area contributed by atoms with Crippen molar-refractivity contribution in [3.8, 4) is 0 Å². The maximum atomic E-state index is 12.8. The van der Waals surface area contributed by atoms with Crippen LogP contribution in [0.25, 0.3) is 0 Å². The van der Waals surface area contributed by atoms with E-state index in [9.17, 15) is 9.59 Å². The lowest BCUT2D eigenvalue weighted by molar-refractivity contribution is -0.119. The first-order valence-electron chi connectivity index (χ1n) is 7.89. The fourth-order valence-electron chi connectivity index (χ4n) is 2.73. The van der Waals surface area contributed by atoms with Crippen LogP contribution in [0.4, 0.5) is 5.13 Å². The van der Waals surface area contributed by atoms with Crippen LogP contribution in [0.2, 0.25) is 10.0 Å². The molecular formula is C16H16Cl2N4O2S. The summed E-state index contributed by atoms with van der Waals surface area (Å²) in [7, 11) is 0. The molecule has 132 valence electrons. The molecule has 1 aromatic carbocycles. The van der Waals surface area contributed by atoms with Gasteiger partial charge in [-0.25, -0.2) is 0 Å². The molecule has 0 spiro atoms. The number of hydrogen-bond acceptors (Lipinski definition) is 5. The molecule has 3 rings (SSSR count). The minimum atomic E-state index is -0.559. The molecule has 0 radical (unpaired) electrons. The Morgan fingerprint density at radius 3 is 2.88 bits per heavy atom. The highest BCUT2D eigenvalue weighted by molar-refractivity contribution is 7.15. The molecule has 6 nitrogen and oxygen atoms in total. The van der Waals surface area contributed by atoms with Gasteiger partial charge in [0.2, 0.25) is 11.0 Å². The highest BCUT2D eigenvalue weighted by Gasteiger charge is 2.35. The van der Waals surface area contributed by atoms with Crippen LogP contribution < -0.4 is 5.32 Å². The number of nitrogens with zero attached hydrogens (tertiary/aromatic N) is 3. The van der Waals surface area contributed by atoms with Gasteiger partial charge >= 0.3 is 0 Å². The van der Waals surface area contributed by atoms with Gasteiger partial charge in [-0.3, -0.25) is 14.9 Å². The zero-order valence-electron chi connectivity index (χ0n) is 13.5. The van der Waals surface area contributed by atoms with Crippen molar-refractivity contribution in [3.63, 3.8) is 0 Å². The Kier molecular flexibility index (Phi) is 5.56. The molecule has 1 atom stereocenters. The minimum absolute atomic E-state index is 0.261. The van der Waals surface area contributed by atoms with Crippen molar-refractivity contribution < 1.29 is 9.59 Å². The summed E-state index contributed by atoms with van der Waals surface area (Å²) >= 11 is 13.4. The maximum Gasteiger partial charge on any atom is 0.256 e. The quantitative estimate of drug-likeness (QED) is 0.852. The summed E-state index contributed by atoms with van der Waals surface area (Å²) in [6.45, 7) is 2.47. The molecule has 9 heteroatoms. The summed E-state index contributed by atoms with van der Waals surface area (Å²) < 4.78 is 0. The first kappa shape index (κ1) is 18.1. The number of nitrogens with one attached hydrogen (secondary N) is 1. The van der Waals surface area contributed by atoms with Crippen LogP contribution in [0.3, 0.4) is 0 Å². The van der Waals surface area contributed by atoms with E-state index in [0.717, 1.165) is 17.8 Å². The average Bonchev–Trinajstić information content (AvgIpc) is 3.25. The topological polar surface area (TPSA) is 75.2 Å². The molecule has 2 aromatic rings. The van der Waals surface area contributed by atoms with Gasteiger partial charge in [-0.15, -0.1) is 10.2 Å². The number of aromatic nitrogens is 2. The number of likely N-dealkylation sites (tertiary alicyclic amines) is 1. The molecule has 0 saturated carbocycles. The van der Waals surface area contributed by atoms with Gasteiger partial charge in [0.25, 0.3) is 5.91 Å². The van der Waals surface area contributed by atoms with Gasteiger partial charge in [0.1, 0.15) is 11.0 Å². The lowest BCUT2D eigenvalue weighted by atomic mass is 10.1. The first-order chi connectivity index (χ1) is 12.0. The molecule has 2 amide bonds. The van der Waals surface area contributed by atoms with Gasteiger partial charge in [-0.2, -0.15) is 0 Å². The monoisotopic (exact) mass is 398 g/mol. The second kappa shape index (κ2) is 7.68. The summed E-state index contributed by atoms with van der Waals surface area (Å²) in [5.41, 5.74) is 0.304. The Labute approximate surface area is 159 Å². The summed E-state index contributed by atoms with van der Waals surface area (Å²) in [6.07, 6.45) is 2.10. The van der Waals surface area contributed by atoms with Gasteiger partial charge < -0.3 is 4.90 Å². The lowest BCUT2D eigenvalue weighted by Crippen LogP contribution is -2.43. The zero-order chi connectivity index (χ0) is 18.0. The third kappa shape index (κ3) is 3.94. The summed E-state index contributed by atoms with van der Waals surface area (Å²) in [5, 5.41) is 12.7. The number of anilines is 1. The third-order valence-electron chi connectivity index (χ3n) is 3.97. The van der Waals surface area contributed by atoms with E-state index in [1.54, 1.807) is 12.1 Å². The van der Waals surface area contributed by atoms with Crippen molar-refractivity contribution in [2.24, 2.45) is 0 Å². The molecule has 25 heavy (non-hydrogen) atoms. The van der Waals surface area contributed by atoms with Crippen molar-refractivity contribution >= 4 is 51.5 Å². The van der Waals surface area contributed by atoms with Crippen molar-refractivity contribution in [2.75, 3.05) is 11.9 Å². The van der Waals surface area contributed by atoms with Crippen molar-refractivity contribution in [1.82, 2.24) is 15.1 Å². The second-order valence-electron chi connectivity index (χ2n) is 5.62. The van der Waals surface area contributed by atoms with Crippen molar-refractivity contribution in [2.45, 2.75) is 32.2 Å². The second-order valence-corrected chi connectivity index (χ2v) is 7.53. The van der Waals surface area contributed by atoms with Crippen LogP contribution in [0.1, 0.15) is 35.1 Å². The molecule has 1 N–H and O–H groups in total. The normalized spacial score (nSPS) is 16.9. The Morgan fingerprint density at radius 1 is 1.36 bits per heavy atom. The largest absolute Gasteiger partial charge is 0.327 e. The zero-order valence-corrected chi connectivity index (χ0v) is 15.8. The Bertz CT molecular complexity index is 811. The Hall–Kier alpha value is -1.70. The standard InChI is InChI=1S/C16H16Cl2N4O2S/c1-2-13-20-21-16(25-13)19-14(23)12-4-3-7-22(12)15(24)10-8-9(17)5-6-11(10)18/h5-6,8,12H,2-4,7H2,1H3,(H,19,21,23)/t12-/m0/s1. The molecule has 0 bridgehead atoms. The molecule has 1 fully saturated rings. The highest BCUT2D eigenvalue weighted by Crippen LogP contribution is 2.27. The maximum absolute atomic E-state index is 12.8. The van der Waals surface area contributed by atoms with E-state index in [4.69, 9.17) is 23.2 Å². The van der Waals surface area contributed by atoms with E-state index in [0.29, 0.717) is 33.7 Å². The van der Waals surface area contributed by atoms with Gasteiger partial charge in [0.15, 0.2) is 0 Å². The van der Waals surface area contributed by atoms with E-state index in [1.807, 2.05) is 6.92 Å². The van der Waals surface area contributed by atoms with E-state index >= 15 is 0 Å². The fourth-order valence-corrected chi connectivity index (χ4v) is 3.79. The van der Waals surface area contributed by atoms with Gasteiger partial charge in [0.05, 0.1) is 10.6 Å².